The monoisotopic (exact) mass is 366 g/mol. The SMILES string of the molecule is NC[N+]1(CCCCCCCCCCCS)CCCC1.[Br-]. The number of thiol groups is 1. The second-order valence-corrected chi connectivity index (χ2v) is 6.75. The zero-order chi connectivity index (χ0) is 13.8. The van der Waals surface area contributed by atoms with E-state index in [4.69, 9.17) is 5.73 Å². The molecule has 0 amide bonds. The van der Waals surface area contributed by atoms with E-state index in [1.165, 1.54) is 94.7 Å². The normalized spacial score (nSPS) is 17.1. The second-order valence-electron chi connectivity index (χ2n) is 6.31. The molecule has 0 radical (unpaired) electrons. The molecule has 1 fully saturated rings. The molecule has 0 atom stereocenters. The number of halogens is 1. The fraction of sp³-hybridized carbons (Fsp3) is 1.00. The molecular weight excluding hydrogens is 332 g/mol. The highest BCUT2D eigenvalue weighted by Gasteiger charge is 2.29. The van der Waals surface area contributed by atoms with Gasteiger partial charge >= 0.3 is 0 Å². The van der Waals surface area contributed by atoms with E-state index in [1.807, 2.05) is 0 Å². The molecule has 2 N–H and O–H groups in total. The van der Waals surface area contributed by atoms with Gasteiger partial charge in [-0.05, 0) is 25.0 Å². The molecule has 1 heterocycles. The average molecular weight is 367 g/mol. The largest absolute Gasteiger partial charge is 1.00 e. The molecule has 1 aliphatic heterocycles. The molecular formula is C16H35BrN2S. The zero-order valence-corrected chi connectivity index (χ0v) is 15.6. The van der Waals surface area contributed by atoms with Gasteiger partial charge in [-0.25, -0.2) is 0 Å². The third-order valence-electron chi connectivity index (χ3n) is 4.69. The molecule has 0 saturated carbocycles. The lowest BCUT2D eigenvalue weighted by Gasteiger charge is -2.32. The van der Waals surface area contributed by atoms with Gasteiger partial charge in [0.1, 0.15) is 6.67 Å². The van der Waals surface area contributed by atoms with Crippen molar-refractivity contribution in [3.63, 3.8) is 0 Å². The highest BCUT2D eigenvalue weighted by Crippen LogP contribution is 2.19. The van der Waals surface area contributed by atoms with Crippen molar-refractivity contribution in [3.8, 4) is 0 Å². The van der Waals surface area contributed by atoms with Crippen LogP contribution in [-0.2, 0) is 0 Å². The summed E-state index contributed by atoms with van der Waals surface area (Å²) in [5, 5.41) is 0. The van der Waals surface area contributed by atoms with Gasteiger partial charge in [0.25, 0.3) is 0 Å². The molecule has 0 aromatic carbocycles. The minimum atomic E-state index is 0. The van der Waals surface area contributed by atoms with Gasteiger partial charge in [-0.15, -0.1) is 0 Å². The molecule has 1 saturated heterocycles. The van der Waals surface area contributed by atoms with Crippen LogP contribution in [0.5, 0.6) is 0 Å². The lowest BCUT2D eigenvalue weighted by molar-refractivity contribution is -0.916. The predicted octanol–water partition coefficient (Wildman–Crippen LogP) is 0.958. The van der Waals surface area contributed by atoms with Crippen molar-refractivity contribution in [2.45, 2.75) is 70.6 Å². The average Bonchev–Trinajstić information content (AvgIpc) is 2.90. The first-order chi connectivity index (χ1) is 9.33. The van der Waals surface area contributed by atoms with E-state index >= 15 is 0 Å². The van der Waals surface area contributed by atoms with Crippen LogP contribution < -0.4 is 22.7 Å². The Labute approximate surface area is 142 Å². The van der Waals surface area contributed by atoms with Crippen LogP contribution in [0, 0.1) is 0 Å². The Kier molecular flexibility index (Phi) is 13.9. The van der Waals surface area contributed by atoms with Crippen molar-refractivity contribution >= 4 is 12.6 Å². The molecule has 0 spiro atoms. The van der Waals surface area contributed by atoms with Gasteiger partial charge in [-0.3, -0.25) is 5.73 Å². The van der Waals surface area contributed by atoms with Gasteiger partial charge in [0, 0.05) is 12.8 Å². The quantitative estimate of drug-likeness (QED) is 0.300. The van der Waals surface area contributed by atoms with Crippen LogP contribution in [0.15, 0.2) is 0 Å². The smallest absolute Gasteiger partial charge is 0.130 e. The maximum Gasteiger partial charge on any atom is 0.130 e. The molecule has 2 nitrogen and oxygen atoms in total. The number of nitrogens with zero attached hydrogens (tertiary/aromatic N) is 1. The molecule has 1 rings (SSSR count). The van der Waals surface area contributed by atoms with E-state index in [2.05, 4.69) is 12.6 Å². The number of likely N-dealkylation sites (tertiary alicyclic amines) is 1. The molecule has 4 heteroatoms. The number of hydrogen-bond acceptors (Lipinski definition) is 2. The maximum atomic E-state index is 5.96. The summed E-state index contributed by atoms with van der Waals surface area (Å²) in [5.74, 6) is 1.06. The first kappa shape index (κ1) is 20.8. The maximum absolute atomic E-state index is 5.96. The minimum absolute atomic E-state index is 0. The van der Waals surface area contributed by atoms with Crippen molar-refractivity contribution in [1.29, 1.82) is 0 Å². The summed E-state index contributed by atoms with van der Waals surface area (Å²) in [6, 6.07) is 0. The Balaban J connectivity index is 0.00000361. The Morgan fingerprint density at radius 2 is 1.20 bits per heavy atom. The molecule has 0 unspecified atom stereocenters. The van der Waals surface area contributed by atoms with E-state index in [0.29, 0.717) is 0 Å². The van der Waals surface area contributed by atoms with Crippen molar-refractivity contribution in [3.05, 3.63) is 0 Å². The van der Waals surface area contributed by atoms with Gasteiger partial charge in [-0.1, -0.05) is 38.5 Å². The summed E-state index contributed by atoms with van der Waals surface area (Å²) in [6.45, 7) is 4.87. The van der Waals surface area contributed by atoms with Crippen LogP contribution in [-0.4, -0.2) is 36.5 Å². The molecule has 0 aliphatic carbocycles. The van der Waals surface area contributed by atoms with Gasteiger partial charge in [0.05, 0.1) is 19.6 Å². The fourth-order valence-corrected chi connectivity index (χ4v) is 3.52. The standard InChI is InChI=1S/C16H34N2S.BrH/c17-16-18(13-9-10-14-18)12-8-6-4-2-1-3-5-7-11-15-19;/h1-17H2;1H. The molecule has 0 aromatic rings. The van der Waals surface area contributed by atoms with Gasteiger partial charge in [-0.2, -0.15) is 12.6 Å². The fourth-order valence-electron chi connectivity index (χ4n) is 3.30. The van der Waals surface area contributed by atoms with Crippen LogP contribution in [0.2, 0.25) is 0 Å². The van der Waals surface area contributed by atoms with E-state index in [-0.39, 0.29) is 17.0 Å². The number of rotatable bonds is 12. The summed E-state index contributed by atoms with van der Waals surface area (Å²) < 4.78 is 1.21. The third-order valence-corrected chi connectivity index (χ3v) is 5.01. The Morgan fingerprint density at radius 1 is 0.750 bits per heavy atom. The molecule has 0 bridgehead atoms. The van der Waals surface area contributed by atoms with Crippen LogP contribution in [0.3, 0.4) is 0 Å². The number of quaternary nitrogens is 1. The highest BCUT2D eigenvalue weighted by atomic mass is 79.9. The van der Waals surface area contributed by atoms with Gasteiger partial charge in [0.15, 0.2) is 0 Å². The highest BCUT2D eigenvalue weighted by molar-refractivity contribution is 7.80. The van der Waals surface area contributed by atoms with Crippen molar-refractivity contribution < 1.29 is 21.5 Å². The van der Waals surface area contributed by atoms with E-state index in [9.17, 15) is 0 Å². The topological polar surface area (TPSA) is 26.0 Å². The Bertz CT molecular complexity index is 209. The van der Waals surface area contributed by atoms with Crippen molar-refractivity contribution in [2.75, 3.05) is 32.1 Å². The predicted molar refractivity (Wildman–Crippen MR) is 88.6 cm³/mol. The van der Waals surface area contributed by atoms with Crippen molar-refractivity contribution in [1.82, 2.24) is 0 Å². The van der Waals surface area contributed by atoms with E-state index < -0.39 is 0 Å². The van der Waals surface area contributed by atoms with E-state index in [1.54, 1.807) is 0 Å². The molecule has 0 aromatic heterocycles. The number of hydrogen-bond donors (Lipinski definition) is 2. The molecule has 1 aliphatic rings. The lowest BCUT2D eigenvalue weighted by atomic mass is 10.1. The first-order valence-corrected chi connectivity index (χ1v) is 9.12. The van der Waals surface area contributed by atoms with Gasteiger partial charge in [0.2, 0.25) is 0 Å². The van der Waals surface area contributed by atoms with E-state index in [0.717, 1.165) is 12.4 Å². The summed E-state index contributed by atoms with van der Waals surface area (Å²) in [6.07, 6.45) is 15.4. The Hall–Kier alpha value is 0.750. The van der Waals surface area contributed by atoms with Crippen LogP contribution >= 0.6 is 12.6 Å². The summed E-state index contributed by atoms with van der Waals surface area (Å²) in [5.41, 5.74) is 5.96. The summed E-state index contributed by atoms with van der Waals surface area (Å²) >= 11 is 4.24. The Morgan fingerprint density at radius 3 is 1.65 bits per heavy atom. The minimum Gasteiger partial charge on any atom is -1.00 e. The van der Waals surface area contributed by atoms with Gasteiger partial charge < -0.3 is 21.5 Å². The summed E-state index contributed by atoms with van der Waals surface area (Å²) in [7, 11) is 0. The molecule has 20 heavy (non-hydrogen) atoms. The number of nitrogens with two attached hydrogens (primary N) is 1. The first-order valence-electron chi connectivity index (χ1n) is 8.49. The van der Waals surface area contributed by atoms with Crippen LogP contribution in [0.25, 0.3) is 0 Å². The molecule has 122 valence electrons. The zero-order valence-electron chi connectivity index (χ0n) is 13.2. The van der Waals surface area contributed by atoms with Crippen LogP contribution in [0.4, 0.5) is 0 Å². The number of unbranched alkanes of at least 4 members (excludes halogenated alkanes) is 8. The lowest BCUT2D eigenvalue weighted by Crippen LogP contribution is -3.00. The van der Waals surface area contributed by atoms with Crippen molar-refractivity contribution in [2.24, 2.45) is 5.73 Å². The second kappa shape index (κ2) is 13.4. The third kappa shape index (κ3) is 8.91. The van der Waals surface area contributed by atoms with Crippen LogP contribution in [0.1, 0.15) is 70.6 Å². The summed E-state index contributed by atoms with van der Waals surface area (Å²) in [4.78, 5) is 0.